The van der Waals surface area contributed by atoms with Crippen LogP contribution in [0, 0.1) is 22.7 Å². The number of nitrogens with one attached hydrogen (secondary N) is 1. The zero-order valence-electron chi connectivity index (χ0n) is 12.0. The first-order valence-corrected chi connectivity index (χ1v) is 6.62. The van der Waals surface area contributed by atoms with Crippen molar-refractivity contribution >= 4 is 0 Å². The molecular weight excluding hydrogens is 210 g/mol. The second kappa shape index (κ2) is 5.37. The van der Waals surface area contributed by atoms with Gasteiger partial charge in [0.25, 0.3) is 0 Å². The van der Waals surface area contributed by atoms with Crippen LogP contribution < -0.4 is 5.32 Å². The first kappa shape index (κ1) is 14.5. The van der Waals surface area contributed by atoms with Crippen molar-refractivity contribution < 1.29 is 0 Å². The summed E-state index contributed by atoms with van der Waals surface area (Å²) in [5, 5.41) is 13.0. The van der Waals surface area contributed by atoms with Gasteiger partial charge in [-0.1, -0.05) is 20.8 Å². The number of hydrogen-bond acceptors (Lipinski definition) is 3. The number of hydrogen-bond donors (Lipinski definition) is 1. The molecule has 0 amide bonds. The van der Waals surface area contributed by atoms with E-state index in [1.165, 1.54) is 0 Å². The van der Waals surface area contributed by atoms with Gasteiger partial charge in [-0.3, -0.25) is 5.32 Å². The maximum Gasteiger partial charge on any atom is 0.109 e. The van der Waals surface area contributed by atoms with Crippen LogP contribution >= 0.6 is 0 Å². The topological polar surface area (TPSA) is 39.1 Å². The van der Waals surface area contributed by atoms with Gasteiger partial charge < -0.3 is 4.90 Å². The Bertz CT molecular complexity index is 290. The minimum atomic E-state index is -0.300. The molecule has 0 bridgehead atoms. The van der Waals surface area contributed by atoms with Crippen molar-refractivity contribution in [3.8, 4) is 6.07 Å². The Kier molecular flexibility index (Phi) is 4.57. The molecular formula is C14H27N3. The van der Waals surface area contributed by atoms with Gasteiger partial charge in [-0.25, -0.2) is 0 Å². The van der Waals surface area contributed by atoms with E-state index >= 15 is 0 Å². The molecule has 0 spiro atoms. The molecule has 1 fully saturated rings. The van der Waals surface area contributed by atoms with E-state index in [1.807, 2.05) is 0 Å². The molecule has 1 rings (SSSR count). The SMILES string of the molecule is CC1CC(C)(C)CCC1(C#N)NCCN(C)C. The monoisotopic (exact) mass is 237 g/mol. The summed E-state index contributed by atoms with van der Waals surface area (Å²) in [5.74, 6) is 0.429. The largest absolute Gasteiger partial charge is 0.308 e. The van der Waals surface area contributed by atoms with E-state index in [1.54, 1.807) is 0 Å². The Balaban J connectivity index is 2.61. The molecule has 2 unspecified atom stereocenters. The van der Waals surface area contributed by atoms with Crippen molar-refractivity contribution in [2.45, 2.75) is 45.6 Å². The fraction of sp³-hybridized carbons (Fsp3) is 0.929. The number of nitrogens with zero attached hydrogens (tertiary/aromatic N) is 2. The fourth-order valence-electron chi connectivity index (χ4n) is 2.86. The quantitative estimate of drug-likeness (QED) is 0.815. The summed E-state index contributed by atoms with van der Waals surface area (Å²) in [6.07, 6.45) is 3.25. The molecule has 17 heavy (non-hydrogen) atoms. The van der Waals surface area contributed by atoms with Crippen molar-refractivity contribution in [3.05, 3.63) is 0 Å². The van der Waals surface area contributed by atoms with E-state index in [9.17, 15) is 5.26 Å². The van der Waals surface area contributed by atoms with E-state index in [-0.39, 0.29) is 5.54 Å². The van der Waals surface area contributed by atoms with Crippen molar-refractivity contribution in [2.24, 2.45) is 11.3 Å². The van der Waals surface area contributed by atoms with Crippen LogP contribution in [0.2, 0.25) is 0 Å². The van der Waals surface area contributed by atoms with Crippen LogP contribution in [0.5, 0.6) is 0 Å². The van der Waals surface area contributed by atoms with Gasteiger partial charge in [0.1, 0.15) is 5.54 Å². The van der Waals surface area contributed by atoms with Crippen LogP contribution in [0.3, 0.4) is 0 Å². The average molecular weight is 237 g/mol. The highest BCUT2D eigenvalue weighted by molar-refractivity contribution is 5.13. The van der Waals surface area contributed by atoms with Crippen LogP contribution in [-0.2, 0) is 0 Å². The van der Waals surface area contributed by atoms with Gasteiger partial charge in [-0.05, 0) is 44.7 Å². The van der Waals surface area contributed by atoms with Gasteiger partial charge >= 0.3 is 0 Å². The average Bonchev–Trinajstić information content (AvgIpc) is 2.20. The predicted molar refractivity (Wildman–Crippen MR) is 71.7 cm³/mol. The third-order valence-electron chi connectivity index (χ3n) is 4.10. The lowest BCUT2D eigenvalue weighted by molar-refractivity contribution is 0.108. The van der Waals surface area contributed by atoms with Crippen LogP contribution in [0.1, 0.15) is 40.0 Å². The van der Waals surface area contributed by atoms with Crippen molar-refractivity contribution in [1.29, 1.82) is 5.26 Å². The number of rotatable bonds is 4. The summed E-state index contributed by atoms with van der Waals surface area (Å²) >= 11 is 0. The van der Waals surface area contributed by atoms with Crippen molar-refractivity contribution in [2.75, 3.05) is 27.2 Å². The fourth-order valence-corrected chi connectivity index (χ4v) is 2.86. The van der Waals surface area contributed by atoms with Gasteiger partial charge in [0.2, 0.25) is 0 Å². The van der Waals surface area contributed by atoms with E-state index in [4.69, 9.17) is 0 Å². The highest BCUT2D eigenvalue weighted by Crippen LogP contribution is 2.43. The molecule has 1 aliphatic rings. The molecule has 0 radical (unpaired) electrons. The molecule has 1 N–H and O–H groups in total. The molecule has 0 heterocycles. The summed E-state index contributed by atoms with van der Waals surface area (Å²) in [4.78, 5) is 2.15. The molecule has 0 saturated heterocycles. The molecule has 3 nitrogen and oxygen atoms in total. The Morgan fingerprint density at radius 2 is 2.00 bits per heavy atom. The first-order chi connectivity index (χ1) is 7.81. The second-order valence-corrected chi connectivity index (χ2v) is 6.58. The molecule has 3 heteroatoms. The van der Waals surface area contributed by atoms with Crippen LogP contribution in [0.15, 0.2) is 0 Å². The Hall–Kier alpha value is -0.590. The predicted octanol–water partition coefficient (Wildman–Crippen LogP) is 2.25. The van der Waals surface area contributed by atoms with Crippen LogP contribution in [0.25, 0.3) is 0 Å². The molecule has 0 aromatic heterocycles. The molecule has 0 aromatic rings. The van der Waals surface area contributed by atoms with E-state index < -0.39 is 0 Å². The van der Waals surface area contributed by atoms with E-state index in [0.717, 1.165) is 32.4 Å². The maximum absolute atomic E-state index is 9.52. The second-order valence-electron chi connectivity index (χ2n) is 6.58. The van der Waals surface area contributed by atoms with Gasteiger partial charge in [0.15, 0.2) is 0 Å². The van der Waals surface area contributed by atoms with Gasteiger partial charge in [-0.15, -0.1) is 0 Å². The lowest BCUT2D eigenvalue weighted by atomic mass is 9.64. The zero-order chi connectivity index (χ0) is 13.1. The maximum atomic E-state index is 9.52. The van der Waals surface area contributed by atoms with Gasteiger partial charge in [0, 0.05) is 13.1 Å². The van der Waals surface area contributed by atoms with Crippen LogP contribution in [0.4, 0.5) is 0 Å². The normalized spacial score (nSPS) is 32.4. The number of likely N-dealkylation sites (N-methyl/N-ethyl adjacent to an activating group) is 1. The zero-order valence-corrected chi connectivity index (χ0v) is 12.0. The standard InChI is InChI=1S/C14H27N3/c1-12-10-13(2,3)6-7-14(12,11-15)16-8-9-17(4)5/h12,16H,6-10H2,1-5H3. The minimum absolute atomic E-state index is 0.300. The molecule has 1 saturated carbocycles. The molecule has 0 aromatic carbocycles. The molecule has 1 aliphatic carbocycles. The molecule has 98 valence electrons. The minimum Gasteiger partial charge on any atom is -0.308 e. The summed E-state index contributed by atoms with van der Waals surface area (Å²) in [7, 11) is 4.13. The summed E-state index contributed by atoms with van der Waals surface area (Å²) in [5.41, 5.74) is 0.0918. The summed E-state index contributed by atoms with van der Waals surface area (Å²) in [6, 6.07) is 2.55. The van der Waals surface area contributed by atoms with Crippen molar-refractivity contribution in [1.82, 2.24) is 10.2 Å². The van der Waals surface area contributed by atoms with E-state index in [2.05, 4.69) is 51.2 Å². The highest BCUT2D eigenvalue weighted by Gasteiger charge is 2.43. The molecule has 2 atom stereocenters. The highest BCUT2D eigenvalue weighted by atomic mass is 15.1. The summed E-state index contributed by atoms with van der Waals surface area (Å²) < 4.78 is 0. The van der Waals surface area contributed by atoms with E-state index in [0.29, 0.717) is 11.3 Å². The van der Waals surface area contributed by atoms with Gasteiger partial charge in [-0.2, -0.15) is 5.26 Å². The first-order valence-electron chi connectivity index (χ1n) is 6.62. The Morgan fingerprint density at radius 1 is 1.35 bits per heavy atom. The van der Waals surface area contributed by atoms with Crippen LogP contribution in [-0.4, -0.2) is 37.6 Å². The Morgan fingerprint density at radius 3 is 2.47 bits per heavy atom. The smallest absolute Gasteiger partial charge is 0.109 e. The third-order valence-corrected chi connectivity index (χ3v) is 4.10. The Labute approximate surface area is 106 Å². The lowest BCUT2D eigenvalue weighted by Gasteiger charge is -2.45. The van der Waals surface area contributed by atoms with Gasteiger partial charge in [0.05, 0.1) is 6.07 Å². The molecule has 0 aliphatic heterocycles. The third kappa shape index (κ3) is 3.69. The lowest BCUT2D eigenvalue weighted by Crippen LogP contribution is -2.54. The summed E-state index contributed by atoms with van der Waals surface area (Å²) in [6.45, 7) is 8.72. The van der Waals surface area contributed by atoms with Crippen molar-refractivity contribution in [3.63, 3.8) is 0 Å². The number of nitriles is 1.